The zero-order valence-corrected chi connectivity index (χ0v) is 11.2. The number of thiophene rings is 1. The highest BCUT2D eigenvalue weighted by Gasteiger charge is 2.29. The summed E-state index contributed by atoms with van der Waals surface area (Å²) in [5.41, 5.74) is 3.26. The fraction of sp³-hybridized carbons (Fsp3) is 0.188. The van der Waals surface area contributed by atoms with Crippen LogP contribution in [0.3, 0.4) is 0 Å². The van der Waals surface area contributed by atoms with Gasteiger partial charge < -0.3 is 4.90 Å². The summed E-state index contributed by atoms with van der Waals surface area (Å²) in [6, 6.07) is 10.1. The molecule has 94 valence electrons. The summed E-state index contributed by atoms with van der Waals surface area (Å²) in [7, 11) is 0. The molecule has 1 aliphatic heterocycles. The monoisotopic (exact) mass is 267 g/mol. The van der Waals surface area contributed by atoms with E-state index >= 15 is 0 Å². The first-order valence-electron chi connectivity index (χ1n) is 6.17. The van der Waals surface area contributed by atoms with E-state index in [9.17, 15) is 4.79 Å². The van der Waals surface area contributed by atoms with Crippen molar-refractivity contribution in [3.8, 4) is 23.5 Å². The maximum Gasteiger partial charge on any atom is 0.228 e. The van der Waals surface area contributed by atoms with Crippen LogP contribution in [0.2, 0.25) is 0 Å². The maximum atomic E-state index is 12.0. The van der Waals surface area contributed by atoms with Crippen LogP contribution >= 0.6 is 11.3 Å². The number of carbonyl (C=O) groups is 1. The molecule has 1 aromatic carbocycles. The molecule has 2 heterocycles. The van der Waals surface area contributed by atoms with Gasteiger partial charge in [0, 0.05) is 24.6 Å². The molecule has 3 heteroatoms. The van der Waals surface area contributed by atoms with Gasteiger partial charge in [0.2, 0.25) is 5.91 Å². The summed E-state index contributed by atoms with van der Waals surface area (Å²) < 4.78 is 0. The standard InChI is InChI=1S/C16H13NOS/c1-2-12-8-16(18)17(10-12)15-5-3-4-13(9-15)14-6-7-19-11-14/h1,3-7,9,11-12H,8,10H2. The van der Waals surface area contributed by atoms with Crippen LogP contribution in [0.1, 0.15) is 6.42 Å². The molecule has 1 unspecified atom stereocenters. The van der Waals surface area contributed by atoms with Crippen molar-refractivity contribution in [1.82, 2.24) is 0 Å². The second-order valence-corrected chi connectivity index (χ2v) is 5.41. The summed E-state index contributed by atoms with van der Waals surface area (Å²) >= 11 is 1.67. The van der Waals surface area contributed by atoms with Gasteiger partial charge in [-0.3, -0.25) is 4.79 Å². The van der Waals surface area contributed by atoms with Gasteiger partial charge in [0.15, 0.2) is 0 Å². The van der Waals surface area contributed by atoms with Crippen molar-refractivity contribution in [3.63, 3.8) is 0 Å². The van der Waals surface area contributed by atoms with Crippen molar-refractivity contribution < 1.29 is 4.79 Å². The molecule has 0 spiro atoms. The van der Waals surface area contributed by atoms with Crippen molar-refractivity contribution in [2.45, 2.75) is 6.42 Å². The Bertz CT molecular complexity index is 639. The quantitative estimate of drug-likeness (QED) is 0.764. The van der Waals surface area contributed by atoms with Crippen molar-refractivity contribution in [2.24, 2.45) is 5.92 Å². The summed E-state index contributed by atoms with van der Waals surface area (Å²) in [5.74, 6) is 2.83. The Labute approximate surface area is 116 Å². The van der Waals surface area contributed by atoms with Gasteiger partial charge >= 0.3 is 0 Å². The van der Waals surface area contributed by atoms with E-state index in [1.807, 2.05) is 12.1 Å². The van der Waals surface area contributed by atoms with E-state index < -0.39 is 0 Å². The Morgan fingerprint density at radius 3 is 2.89 bits per heavy atom. The van der Waals surface area contributed by atoms with Crippen molar-refractivity contribution in [2.75, 3.05) is 11.4 Å². The van der Waals surface area contributed by atoms with E-state index in [4.69, 9.17) is 6.42 Å². The van der Waals surface area contributed by atoms with Crippen LogP contribution in [-0.2, 0) is 4.79 Å². The number of hydrogen-bond acceptors (Lipinski definition) is 2. The lowest BCUT2D eigenvalue weighted by molar-refractivity contribution is -0.117. The average molecular weight is 267 g/mol. The smallest absolute Gasteiger partial charge is 0.228 e. The van der Waals surface area contributed by atoms with Gasteiger partial charge in [-0.05, 0) is 40.1 Å². The number of terminal acetylenes is 1. The Balaban J connectivity index is 1.92. The third kappa shape index (κ3) is 2.27. The zero-order chi connectivity index (χ0) is 13.2. The first-order valence-corrected chi connectivity index (χ1v) is 7.11. The normalized spacial score (nSPS) is 18.6. The summed E-state index contributed by atoms with van der Waals surface area (Å²) in [6.45, 7) is 0.627. The number of benzene rings is 1. The van der Waals surface area contributed by atoms with Gasteiger partial charge in [-0.15, -0.1) is 12.3 Å². The van der Waals surface area contributed by atoms with Gasteiger partial charge in [0.05, 0.1) is 0 Å². The number of carbonyl (C=O) groups excluding carboxylic acids is 1. The molecule has 2 aromatic rings. The van der Waals surface area contributed by atoms with Crippen LogP contribution in [0.4, 0.5) is 5.69 Å². The summed E-state index contributed by atoms with van der Waals surface area (Å²) in [4.78, 5) is 13.8. The van der Waals surface area contributed by atoms with E-state index in [-0.39, 0.29) is 11.8 Å². The molecule has 0 radical (unpaired) electrons. The first kappa shape index (κ1) is 12.0. The third-order valence-electron chi connectivity index (χ3n) is 3.37. The van der Waals surface area contributed by atoms with E-state index in [1.165, 1.54) is 5.56 Å². The number of nitrogens with zero attached hydrogens (tertiary/aromatic N) is 1. The molecule has 1 aromatic heterocycles. The minimum Gasteiger partial charge on any atom is -0.311 e. The molecule has 1 amide bonds. The van der Waals surface area contributed by atoms with Gasteiger partial charge in [-0.1, -0.05) is 12.1 Å². The largest absolute Gasteiger partial charge is 0.311 e. The third-order valence-corrected chi connectivity index (χ3v) is 4.06. The number of anilines is 1. The molecule has 0 saturated carbocycles. The minimum atomic E-state index is 0.0392. The van der Waals surface area contributed by atoms with E-state index in [0.29, 0.717) is 13.0 Å². The highest BCUT2D eigenvalue weighted by atomic mass is 32.1. The van der Waals surface area contributed by atoms with Gasteiger partial charge in [-0.25, -0.2) is 0 Å². The van der Waals surface area contributed by atoms with Crippen LogP contribution < -0.4 is 4.90 Å². The lowest BCUT2D eigenvalue weighted by Crippen LogP contribution is -2.24. The zero-order valence-electron chi connectivity index (χ0n) is 10.4. The SMILES string of the molecule is C#CC1CC(=O)N(c2cccc(-c3ccsc3)c2)C1. The Hall–Kier alpha value is -2.05. The Morgan fingerprint density at radius 1 is 1.32 bits per heavy atom. The van der Waals surface area contributed by atoms with Gasteiger partial charge in [-0.2, -0.15) is 11.3 Å². The van der Waals surface area contributed by atoms with Crippen LogP contribution in [0.15, 0.2) is 41.1 Å². The molecule has 1 aliphatic rings. The predicted octanol–water partition coefficient (Wildman–Crippen LogP) is 3.40. The van der Waals surface area contributed by atoms with Crippen molar-refractivity contribution >= 4 is 22.9 Å². The molecule has 0 bridgehead atoms. The van der Waals surface area contributed by atoms with E-state index in [1.54, 1.807) is 16.2 Å². The number of rotatable bonds is 2. The molecule has 1 atom stereocenters. The molecular weight excluding hydrogens is 254 g/mol. The number of hydrogen-bond donors (Lipinski definition) is 0. The lowest BCUT2D eigenvalue weighted by atomic mass is 10.1. The van der Waals surface area contributed by atoms with Crippen LogP contribution in [0, 0.1) is 18.3 Å². The molecule has 0 N–H and O–H groups in total. The Kier molecular flexibility index (Phi) is 3.10. The van der Waals surface area contributed by atoms with Gasteiger partial charge in [0.25, 0.3) is 0 Å². The van der Waals surface area contributed by atoms with Crippen molar-refractivity contribution in [1.29, 1.82) is 0 Å². The molecular formula is C16H13NOS. The topological polar surface area (TPSA) is 20.3 Å². The molecule has 1 saturated heterocycles. The predicted molar refractivity (Wildman–Crippen MR) is 79.0 cm³/mol. The maximum absolute atomic E-state index is 12.0. The lowest BCUT2D eigenvalue weighted by Gasteiger charge is -2.16. The van der Waals surface area contributed by atoms with Crippen LogP contribution in [0.5, 0.6) is 0 Å². The van der Waals surface area contributed by atoms with E-state index in [0.717, 1.165) is 11.3 Å². The summed E-state index contributed by atoms with van der Waals surface area (Å²) in [5, 5.41) is 4.16. The average Bonchev–Trinajstić information content (AvgIpc) is 3.08. The fourth-order valence-electron chi connectivity index (χ4n) is 2.35. The van der Waals surface area contributed by atoms with Crippen LogP contribution in [-0.4, -0.2) is 12.5 Å². The highest BCUT2D eigenvalue weighted by molar-refractivity contribution is 7.08. The molecule has 19 heavy (non-hydrogen) atoms. The molecule has 3 rings (SSSR count). The molecule has 0 aliphatic carbocycles. The van der Waals surface area contributed by atoms with Crippen molar-refractivity contribution in [3.05, 3.63) is 41.1 Å². The number of amides is 1. The minimum absolute atomic E-state index is 0.0392. The second-order valence-electron chi connectivity index (χ2n) is 4.63. The van der Waals surface area contributed by atoms with Crippen LogP contribution in [0.25, 0.3) is 11.1 Å². The second kappa shape index (κ2) is 4.91. The molecule has 1 fully saturated rings. The Morgan fingerprint density at radius 2 is 2.21 bits per heavy atom. The fourth-order valence-corrected chi connectivity index (χ4v) is 3.02. The molecule has 2 nitrogen and oxygen atoms in total. The first-order chi connectivity index (χ1) is 9.28. The summed E-state index contributed by atoms with van der Waals surface area (Å²) in [6.07, 6.45) is 5.87. The van der Waals surface area contributed by atoms with E-state index in [2.05, 4.69) is 34.9 Å². The van der Waals surface area contributed by atoms with Gasteiger partial charge in [0.1, 0.15) is 0 Å². The highest BCUT2D eigenvalue weighted by Crippen LogP contribution is 2.29.